The van der Waals surface area contributed by atoms with E-state index in [2.05, 4.69) is 10.2 Å². The highest BCUT2D eigenvalue weighted by molar-refractivity contribution is 6.30. The molecule has 1 N–H and O–H groups in total. The number of halogens is 1. The molecule has 1 aliphatic carbocycles. The third kappa shape index (κ3) is 5.70. The molecule has 0 radical (unpaired) electrons. The van der Waals surface area contributed by atoms with Gasteiger partial charge in [0, 0.05) is 30.6 Å². The lowest BCUT2D eigenvalue weighted by molar-refractivity contribution is -0.139. The molecule has 2 aromatic rings. The Bertz CT molecular complexity index is 1080. The summed E-state index contributed by atoms with van der Waals surface area (Å²) in [6.45, 7) is 4.22. The molecule has 2 saturated heterocycles. The zero-order chi connectivity index (χ0) is 25.1. The number of hydrogen-bond acceptors (Lipinski definition) is 4. The van der Waals surface area contributed by atoms with Gasteiger partial charge in [-0.3, -0.25) is 9.59 Å². The molecule has 2 aliphatic heterocycles. The summed E-state index contributed by atoms with van der Waals surface area (Å²) < 4.78 is 5.25. The predicted octanol–water partition coefficient (Wildman–Crippen LogP) is 4.82. The van der Waals surface area contributed by atoms with Crippen molar-refractivity contribution in [3.05, 3.63) is 64.7 Å². The van der Waals surface area contributed by atoms with Gasteiger partial charge in [0.05, 0.1) is 18.6 Å². The van der Waals surface area contributed by atoms with Gasteiger partial charge >= 0.3 is 0 Å². The van der Waals surface area contributed by atoms with Gasteiger partial charge in [0.1, 0.15) is 5.75 Å². The summed E-state index contributed by atoms with van der Waals surface area (Å²) in [7, 11) is 1.66. The Morgan fingerprint density at radius 1 is 1.11 bits per heavy atom. The van der Waals surface area contributed by atoms with Gasteiger partial charge in [0.15, 0.2) is 0 Å². The van der Waals surface area contributed by atoms with E-state index in [-0.39, 0.29) is 23.3 Å². The topological polar surface area (TPSA) is 61.9 Å². The van der Waals surface area contributed by atoms with Crippen LogP contribution in [0, 0.1) is 11.3 Å². The maximum Gasteiger partial charge on any atom is 0.229 e. The molecule has 5 rings (SSSR count). The Morgan fingerprint density at radius 3 is 2.50 bits per heavy atom. The highest BCUT2D eigenvalue weighted by atomic mass is 35.5. The van der Waals surface area contributed by atoms with E-state index in [1.54, 1.807) is 7.11 Å². The molecule has 6 nitrogen and oxygen atoms in total. The molecule has 2 heterocycles. The monoisotopic (exact) mass is 509 g/mol. The van der Waals surface area contributed by atoms with Crippen LogP contribution in [-0.2, 0) is 16.1 Å². The molecule has 2 amide bonds. The van der Waals surface area contributed by atoms with Crippen molar-refractivity contribution >= 4 is 23.4 Å². The molecule has 0 bridgehead atoms. The van der Waals surface area contributed by atoms with Crippen LogP contribution in [0.15, 0.2) is 48.5 Å². The number of piperidine rings is 1. The van der Waals surface area contributed by atoms with Crippen LogP contribution in [0.2, 0.25) is 5.02 Å². The maximum atomic E-state index is 13.4. The minimum Gasteiger partial charge on any atom is -0.497 e. The van der Waals surface area contributed by atoms with Gasteiger partial charge < -0.3 is 19.9 Å². The maximum absolute atomic E-state index is 13.4. The lowest BCUT2D eigenvalue weighted by Crippen LogP contribution is -2.45. The molecule has 1 atom stereocenters. The number of carbonyl (C=O) groups is 2. The summed E-state index contributed by atoms with van der Waals surface area (Å²) in [5, 5.41) is 3.95. The van der Waals surface area contributed by atoms with Gasteiger partial charge in [-0.15, -0.1) is 0 Å². The second-order valence-corrected chi connectivity index (χ2v) is 11.1. The number of nitrogens with one attached hydrogen (secondary N) is 1. The van der Waals surface area contributed by atoms with Gasteiger partial charge in [-0.2, -0.15) is 0 Å². The molecule has 7 heteroatoms. The zero-order valence-electron chi connectivity index (χ0n) is 21.0. The minimum absolute atomic E-state index is 0.0409. The number of carbonyl (C=O) groups excluding carboxylic acids is 2. The normalized spacial score (nSPS) is 20.5. The second kappa shape index (κ2) is 10.8. The van der Waals surface area contributed by atoms with Crippen molar-refractivity contribution in [1.82, 2.24) is 15.1 Å². The fraction of sp³-hybridized carbons (Fsp3) is 0.517. The van der Waals surface area contributed by atoms with Crippen molar-refractivity contribution in [2.45, 2.75) is 51.1 Å². The molecule has 1 unspecified atom stereocenters. The lowest BCUT2D eigenvalue weighted by atomic mass is 9.77. The number of nitrogens with zero attached hydrogens (tertiary/aromatic N) is 2. The van der Waals surface area contributed by atoms with E-state index in [1.165, 1.54) is 0 Å². The van der Waals surface area contributed by atoms with Crippen LogP contribution >= 0.6 is 11.6 Å². The van der Waals surface area contributed by atoms with Crippen LogP contribution in [0.25, 0.3) is 0 Å². The molecule has 1 saturated carbocycles. The van der Waals surface area contributed by atoms with Crippen molar-refractivity contribution in [2.75, 3.05) is 33.3 Å². The van der Waals surface area contributed by atoms with E-state index in [4.69, 9.17) is 16.3 Å². The number of amides is 2. The first-order valence-electron chi connectivity index (χ1n) is 13.2. The molecule has 0 aromatic heterocycles. The van der Waals surface area contributed by atoms with Crippen LogP contribution < -0.4 is 10.1 Å². The fourth-order valence-corrected chi connectivity index (χ4v) is 5.85. The third-order valence-electron chi connectivity index (χ3n) is 8.20. The number of methoxy groups -OCH3 is 1. The summed E-state index contributed by atoms with van der Waals surface area (Å²) in [6.07, 6.45) is 5.57. The van der Waals surface area contributed by atoms with E-state index in [9.17, 15) is 9.59 Å². The number of benzene rings is 2. The molecule has 2 aromatic carbocycles. The van der Waals surface area contributed by atoms with E-state index in [0.29, 0.717) is 17.5 Å². The summed E-state index contributed by atoms with van der Waals surface area (Å²) in [4.78, 5) is 30.4. The van der Waals surface area contributed by atoms with Crippen molar-refractivity contribution in [3.8, 4) is 5.75 Å². The smallest absolute Gasteiger partial charge is 0.229 e. The van der Waals surface area contributed by atoms with E-state index >= 15 is 0 Å². The Balaban J connectivity index is 1.15. The van der Waals surface area contributed by atoms with Crippen LogP contribution in [0.5, 0.6) is 5.75 Å². The van der Waals surface area contributed by atoms with Crippen LogP contribution in [-0.4, -0.2) is 54.9 Å². The van der Waals surface area contributed by atoms with E-state index in [0.717, 1.165) is 81.6 Å². The zero-order valence-corrected chi connectivity index (χ0v) is 21.8. The van der Waals surface area contributed by atoms with Crippen molar-refractivity contribution in [2.24, 2.45) is 11.3 Å². The average molecular weight is 510 g/mol. The first-order valence-corrected chi connectivity index (χ1v) is 13.5. The Morgan fingerprint density at radius 2 is 1.83 bits per heavy atom. The van der Waals surface area contributed by atoms with Crippen molar-refractivity contribution in [3.63, 3.8) is 0 Å². The van der Waals surface area contributed by atoms with Crippen molar-refractivity contribution in [1.29, 1.82) is 0 Å². The fourth-order valence-electron chi connectivity index (χ4n) is 5.66. The Hall–Kier alpha value is -2.57. The van der Waals surface area contributed by atoms with E-state index in [1.807, 2.05) is 53.4 Å². The molecule has 192 valence electrons. The molecule has 3 fully saturated rings. The van der Waals surface area contributed by atoms with Gasteiger partial charge in [0.2, 0.25) is 11.8 Å². The predicted molar refractivity (Wildman–Crippen MR) is 141 cm³/mol. The highest BCUT2D eigenvalue weighted by Crippen LogP contribution is 2.42. The molecule has 3 aliphatic rings. The SMILES string of the molecule is COc1ccc(CN2CCC3(CCN(CCC(NC(=O)C4CC4)c4cccc(Cl)c4)CC3)C2=O)cc1. The van der Waals surface area contributed by atoms with Crippen molar-refractivity contribution < 1.29 is 14.3 Å². The van der Waals surface area contributed by atoms with E-state index < -0.39 is 0 Å². The Kier molecular flexibility index (Phi) is 7.54. The third-order valence-corrected chi connectivity index (χ3v) is 8.43. The number of likely N-dealkylation sites (tertiary alicyclic amines) is 2. The summed E-state index contributed by atoms with van der Waals surface area (Å²) in [6, 6.07) is 15.8. The van der Waals surface area contributed by atoms with Gasteiger partial charge in [-0.25, -0.2) is 0 Å². The summed E-state index contributed by atoms with van der Waals surface area (Å²) in [5.74, 6) is 1.48. The Labute approximate surface area is 218 Å². The standard InChI is InChI=1S/C29H36ClN3O3/c1-36-25-9-5-21(6-10-25)20-33-18-14-29(28(33)35)12-16-32(17-13-29)15-11-26(31-27(34)22-7-8-22)23-3-2-4-24(30)19-23/h2-6,9-10,19,22,26H,7-8,11-18,20H2,1H3,(H,31,34). The number of rotatable bonds is 9. The first-order chi connectivity index (χ1) is 17.5. The first kappa shape index (κ1) is 25.1. The minimum atomic E-state index is -0.213. The van der Waals surface area contributed by atoms with Gasteiger partial charge in [0.25, 0.3) is 0 Å². The van der Waals surface area contributed by atoms with Crippen LogP contribution in [0.4, 0.5) is 0 Å². The second-order valence-electron chi connectivity index (χ2n) is 10.6. The van der Waals surface area contributed by atoms with Crippen LogP contribution in [0.1, 0.15) is 55.7 Å². The molecular formula is C29H36ClN3O3. The quantitative estimate of drug-likeness (QED) is 0.526. The van der Waals surface area contributed by atoms with Crippen LogP contribution in [0.3, 0.4) is 0 Å². The molecule has 1 spiro atoms. The number of hydrogen-bond donors (Lipinski definition) is 1. The highest BCUT2D eigenvalue weighted by Gasteiger charge is 2.47. The largest absolute Gasteiger partial charge is 0.497 e. The lowest BCUT2D eigenvalue weighted by Gasteiger charge is -2.38. The average Bonchev–Trinajstić information content (AvgIpc) is 3.71. The number of ether oxygens (including phenoxy) is 1. The molecular weight excluding hydrogens is 474 g/mol. The molecule has 36 heavy (non-hydrogen) atoms. The van der Waals surface area contributed by atoms with Gasteiger partial charge in [-0.1, -0.05) is 35.9 Å². The summed E-state index contributed by atoms with van der Waals surface area (Å²) in [5.41, 5.74) is 1.99. The van der Waals surface area contributed by atoms with Gasteiger partial charge in [-0.05, 0) is 87.0 Å². The summed E-state index contributed by atoms with van der Waals surface area (Å²) >= 11 is 6.24.